The molecule has 1 atom stereocenters. The van der Waals surface area contributed by atoms with Gasteiger partial charge in [-0.2, -0.15) is 0 Å². The zero-order valence-corrected chi connectivity index (χ0v) is 11.0. The van der Waals surface area contributed by atoms with E-state index in [1.165, 1.54) is 6.07 Å². The molecule has 2 aromatic carbocycles. The van der Waals surface area contributed by atoms with Crippen LogP contribution in [0.1, 0.15) is 22.7 Å². The van der Waals surface area contributed by atoms with Crippen LogP contribution >= 0.6 is 15.9 Å². The van der Waals surface area contributed by atoms with E-state index in [0.29, 0.717) is 5.56 Å². The van der Waals surface area contributed by atoms with E-state index in [2.05, 4.69) is 15.9 Å². The molecule has 0 aliphatic carbocycles. The average Bonchev–Trinajstić information content (AvgIpc) is 2.32. The van der Waals surface area contributed by atoms with E-state index in [1.807, 2.05) is 31.2 Å². The molecular weight excluding hydrogens is 281 g/mol. The van der Waals surface area contributed by atoms with Gasteiger partial charge in [0.05, 0.1) is 6.04 Å². The Bertz CT molecular complexity index is 539. The van der Waals surface area contributed by atoms with Crippen molar-refractivity contribution >= 4 is 15.9 Å². The topological polar surface area (TPSA) is 26.0 Å². The molecule has 0 saturated heterocycles. The van der Waals surface area contributed by atoms with Crippen LogP contribution in [0.2, 0.25) is 0 Å². The molecule has 0 fully saturated rings. The van der Waals surface area contributed by atoms with Gasteiger partial charge in [-0.15, -0.1) is 0 Å². The predicted molar refractivity (Wildman–Crippen MR) is 71.3 cm³/mol. The van der Waals surface area contributed by atoms with Gasteiger partial charge in [-0.3, -0.25) is 0 Å². The summed E-state index contributed by atoms with van der Waals surface area (Å²) >= 11 is 3.33. The minimum Gasteiger partial charge on any atom is -0.320 e. The highest BCUT2D eigenvalue weighted by Crippen LogP contribution is 2.26. The van der Waals surface area contributed by atoms with Crippen molar-refractivity contribution in [3.63, 3.8) is 0 Å². The molecule has 0 saturated carbocycles. The van der Waals surface area contributed by atoms with Gasteiger partial charge >= 0.3 is 0 Å². The Kier molecular flexibility index (Phi) is 3.60. The number of hydrogen-bond acceptors (Lipinski definition) is 1. The predicted octanol–water partition coefficient (Wildman–Crippen LogP) is 3.94. The zero-order valence-electron chi connectivity index (χ0n) is 9.45. The highest BCUT2D eigenvalue weighted by Gasteiger charge is 2.15. The first-order chi connectivity index (χ1) is 8.09. The molecule has 1 nitrogen and oxygen atoms in total. The van der Waals surface area contributed by atoms with Crippen molar-refractivity contribution in [2.24, 2.45) is 5.73 Å². The summed E-state index contributed by atoms with van der Waals surface area (Å²) in [6.07, 6.45) is 0. The van der Waals surface area contributed by atoms with Gasteiger partial charge in [-0.25, -0.2) is 4.39 Å². The molecule has 0 aliphatic heterocycles. The van der Waals surface area contributed by atoms with E-state index in [1.54, 1.807) is 12.1 Å². The first-order valence-electron chi connectivity index (χ1n) is 5.35. The fraction of sp³-hybridized carbons (Fsp3) is 0.143. The third-order valence-corrected chi connectivity index (χ3v) is 3.31. The van der Waals surface area contributed by atoms with Gasteiger partial charge in [0.1, 0.15) is 5.82 Å². The Hall–Kier alpha value is -1.19. The molecule has 1 unspecified atom stereocenters. The van der Waals surface area contributed by atoms with Crippen molar-refractivity contribution in [1.29, 1.82) is 0 Å². The molecule has 2 N–H and O–H groups in total. The quantitative estimate of drug-likeness (QED) is 0.892. The summed E-state index contributed by atoms with van der Waals surface area (Å²) in [6, 6.07) is 12.2. The fourth-order valence-electron chi connectivity index (χ4n) is 1.86. The third kappa shape index (κ3) is 2.56. The van der Waals surface area contributed by atoms with E-state index >= 15 is 0 Å². The van der Waals surface area contributed by atoms with Crippen molar-refractivity contribution in [2.45, 2.75) is 13.0 Å². The third-order valence-electron chi connectivity index (χ3n) is 2.82. The standard InChI is InChI=1S/C14H13BrFN/c1-9-4-2-3-5-11(9)14(17)12-8-10(15)6-7-13(12)16/h2-8,14H,17H2,1H3. The van der Waals surface area contributed by atoms with E-state index in [0.717, 1.165) is 15.6 Å². The van der Waals surface area contributed by atoms with Gasteiger partial charge in [0, 0.05) is 10.0 Å². The van der Waals surface area contributed by atoms with Crippen molar-refractivity contribution in [2.75, 3.05) is 0 Å². The molecule has 3 heteroatoms. The molecular formula is C14H13BrFN. The van der Waals surface area contributed by atoms with Crippen LogP contribution in [0.25, 0.3) is 0 Å². The second-order valence-corrected chi connectivity index (χ2v) is 4.92. The van der Waals surface area contributed by atoms with Crippen LogP contribution in [0.4, 0.5) is 4.39 Å². The number of halogens is 2. The largest absolute Gasteiger partial charge is 0.320 e. The maximum absolute atomic E-state index is 13.7. The lowest BCUT2D eigenvalue weighted by atomic mass is 9.95. The van der Waals surface area contributed by atoms with E-state index in [9.17, 15) is 4.39 Å². The SMILES string of the molecule is Cc1ccccc1C(N)c1cc(Br)ccc1F. The lowest BCUT2D eigenvalue weighted by Gasteiger charge is -2.16. The lowest BCUT2D eigenvalue weighted by molar-refractivity contribution is 0.599. The molecule has 0 amide bonds. The first kappa shape index (κ1) is 12.3. The van der Waals surface area contributed by atoms with Crippen LogP contribution in [-0.2, 0) is 0 Å². The van der Waals surface area contributed by atoms with Crippen LogP contribution in [-0.4, -0.2) is 0 Å². The van der Waals surface area contributed by atoms with Gasteiger partial charge in [-0.05, 0) is 36.2 Å². The Morgan fingerprint density at radius 3 is 2.53 bits per heavy atom. The molecule has 0 heterocycles. The van der Waals surface area contributed by atoms with Crippen molar-refractivity contribution in [3.8, 4) is 0 Å². The fourth-order valence-corrected chi connectivity index (χ4v) is 2.24. The van der Waals surface area contributed by atoms with Gasteiger partial charge in [0.25, 0.3) is 0 Å². The molecule has 0 spiro atoms. The summed E-state index contributed by atoms with van der Waals surface area (Å²) in [4.78, 5) is 0. The summed E-state index contributed by atoms with van der Waals surface area (Å²) in [7, 11) is 0. The van der Waals surface area contributed by atoms with Gasteiger partial charge in [0.2, 0.25) is 0 Å². The highest BCUT2D eigenvalue weighted by atomic mass is 79.9. The summed E-state index contributed by atoms with van der Waals surface area (Å²) in [5.74, 6) is -0.274. The Balaban J connectivity index is 2.47. The van der Waals surface area contributed by atoms with Crippen molar-refractivity contribution in [1.82, 2.24) is 0 Å². The van der Waals surface area contributed by atoms with E-state index in [-0.39, 0.29) is 5.82 Å². The molecule has 2 aromatic rings. The normalized spacial score (nSPS) is 12.5. The Morgan fingerprint density at radius 1 is 1.12 bits per heavy atom. The monoisotopic (exact) mass is 293 g/mol. The minimum atomic E-state index is -0.436. The summed E-state index contributed by atoms with van der Waals surface area (Å²) in [6.45, 7) is 1.98. The summed E-state index contributed by atoms with van der Waals surface area (Å²) in [5, 5.41) is 0. The number of nitrogens with two attached hydrogens (primary N) is 1. The van der Waals surface area contributed by atoms with Crippen LogP contribution in [0.3, 0.4) is 0 Å². The van der Waals surface area contributed by atoms with E-state index in [4.69, 9.17) is 5.73 Å². The molecule has 0 aliphatic rings. The van der Waals surface area contributed by atoms with Crippen LogP contribution in [0.5, 0.6) is 0 Å². The maximum Gasteiger partial charge on any atom is 0.128 e. The van der Waals surface area contributed by atoms with E-state index < -0.39 is 6.04 Å². The van der Waals surface area contributed by atoms with Crippen LogP contribution < -0.4 is 5.73 Å². The minimum absolute atomic E-state index is 0.274. The Morgan fingerprint density at radius 2 is 1.82 bits per heavy atom. The second-order valence-electron chi connectivity index (χ2n) is 4.00. The first-order valence-corrected chi connectivity index (χ1v) is 6.15. The summed E-state index contributed by atoms with van der Waals surface area (Å²) < 4.78 is 14.6. The lowest BCUT2D eigenvalue weighted by Crippen LogP contribution is -2.14. The van der Waals surface area contributed by atoms with Crippen LogP contribution in [0, 0.1) is 12.7 Å². The molecule has 0 aromatic heterocycles. The summed E-state index contributed by atoms with van der Waals surface area (Å²) in [5.41, 5.74) is 8.65. The maximum atomic E-state index is 13.7. The number of aryl methyl sites for hydroxylation is 1. The number of rotatable bonds is 2. The second kappa shape index (κ2) is 4.98. The van der Waals surface area contributed by atoms with Crippen LogP contribution in [0.15, 0.2) is 46.9 Å². The highest BCUT2D eigenvalue weighted by molar-refractivity contribution is 9.10. The smallest absolute Gasteiger partial charge is 0.128 e. The van der Waals surface area contributed by atoms with Gasteiger partial charge in [-0.1, -0.05) is 40.2 Å². The van der Waals surface area contributed by atoms with Crippen molar-refractivity contribution in [3.05, 3.63) is 69.4 Å². The molecule has 17 heavy (non-hydrogen) atoms. The molecule has 2 rings (SSSR count). The molecule has 0 radical (unpaired) electrons. The zero-order chi connectivity index (χ0) is 12.4. The number of hydrogen-bond donors (Lipinski definition) is 1. The van der Waals surface area contributed by atoms with Gasteiger partial charge in [0.15, 0.2) is 0 Å². The average molecular weight is 294 g/mol. The molecule has 0 bridgehead atoms. The number of benzene rings is 2. The van der Waals surface area contributed by atoms with Gasteiger partial charge < -0.3 is 5.73 Å². The molecule has 88 valence electrons. The van der Waals surface area contributed by atoms with Crippen molar-refractivity contribution < 1.29 is 4.39 Å². The Labute approximate surface area is 109 Å².